The van der Waals surface area contributed by atoms with Gasteiger partial charge in [-0.25, -0.2) is 4.98 Å². The highest BCUT2D eigenvalue weighted by molar-refractivity contribution is 5.81. The molecule has 0 saturated carbocycles. The van der Waals surface area contributed by atoms with Gasteiger partial charge in [0.1, 0.15) is 5.82 Å². The van der Waals surface area contributed by atoms with Crippen molar-refractivity contribution in [3.63, 3.8) is 0 Å². The van der Waals surface area contributed by atoms with E-state index in [-0.39, 0.29) is 0 Å². The molecule has 1 fully saturated rings. The minimum absolute atomic E-state index is 0.554. The van der Waals surface area contributed by atoms with Crippen LogP contribution in [-0.4, -0.2) is 18.1 Å². The van der Waals surface area contributed by atoms with Crippen molar-refractivity contribution in [3.05, 3.63) is 35.9 Å². The first-order valence-corrected chi connectivity index (χ1v) is 7.11. The second-order valence-corrected chi connectivity index (χ2v) is 5.56. The molecule has 2 N–H and O–H groups in total. The molecule has 1 aliphatic rings. The van der Waals surface area contributed by atoms with Gasteiger partial charge in [-0.15, -0.1) is 0 Å². The Morgan fingerprint density at radius 1 is 1.37 bits per heavy atom. The van der Waals surface area contributed by atoms with Crippen LogP contribution in [0.2, 0.25) is 0 Å². The Morgan fingerprint density at radius 3 is 3.00 bits per heavy atom. The molecule has 100 valence electrons. The van der Waals surface area contributed by atoms with Crippen LogP contribution in [0, 0.1) is 5.92 Å². The Kier molecular flexibility index (Phi) is 3.38. The molecule has 1 aromatic heterocycles. The van der Waals surface area contributed by atoms with E-state index in [2.05, 4.69) is 30.0 Å². The fraction of sp³-hybridized carbons (Fsp3) is 0.438. The number of aromatic nitrogens is 1. The first-order valence-electron chi connectivity index (χ1n) is 7.11. The van der Waals surface area contributed by atoms with Gasteiger partial charge in [0.25, 0.3) is 0 Å². The lowest BCUT2D eigenvalue weighted by molar-refractivity contribution is 0.444. The zero-order chi connectivity index (χ0) is 13.2. The second-order valence-electron chi connectivity index (χ2n) is 5.56. The molecule has 1 saturated heterocycles. The van der Waals surface area contributed by atoms with E-state index in [1.54, 1.807) is 0 Å². The molecule has 0 spiro atoms. The number of nitrogens with two attached hydrogens (primary N) is 1. The van der Waals surface area contributed by atoms with Crippen LogP contribution in [0.4, 0.5) is 5.82 Å². The maximum absolute atomic E-state index is 5.92. The lowest BCUT2D eigenvalue weighted by atomic mass is 9.99. The van der Waals surface area contributed by atoms with Gasteiger partial charge in [0, 0.05) is 30.6 Å². The number of anilines is 1. The van der Waals surface area contributed by atoms with E-state index in [0.717, 1.165) is 35.9 Å². The summed E-state index contributed by atoms with van der Waals surface area (Å²) in [6.45, 7) is 5.06. The van der Waals surface area contributed by atoms with Gasteiger partial charge in [0.2, 0.25) is 0 Å². The highest BCUT2D eigenvalue weighted by Gasteiger charge is 2.20. The van der Waals surface area contributed by atoms with E-state index in [9.17, 15) is 0 Å². The Bertz CT molecular complexity index is 579. The van der Waals surface area contributed by atoms with Gasteiger partial charge in [-0.05, 0) is 30.9 Å². The molecule has 19 heavy (non-hydrogen) atoms. The standard InChI is InChI=1S/C16H21N3/c1-12-5-4-8-19(11-12)16-14(10-17)9-13-6-2-3-7-15(13)18-16/h2-3,6-7,9,12H,4-5,8,10-11,17H2,1H3. The molecule has 0 aliphatic carbocycles. The van der Waals surface area contributed by atoms with Crippen molar-refractivity contribution in [2.45, 2.75) is 26.3 Å². The van der Waals surface area contributed by atoms with E-state index < -0.39 is 0 Å². The van der Waals surface area contributed by atoms with Crippen molar-refractivity contribution in [3.8, 4) is 0 Å². The van der Waals surface area contributed by atoms with E-state index in [1.165, 1.54) is 18.2 Å². The molecule has 3 heteroatoms. The van der Waals surface area contributed by atoms with Crippen LogP contribution in [0.5, 0.6) is 0 Å². The second kappa shape index (κ2) is 5.17. The van der Waals surface area contributed by atoms with E-state index in [4.69, 9.17) is 10.7 Å². The summed E-state index contributed by atoms with van der Waals surface area (Å²) in [7, 11) is 0. The predicted molar refractivity (Wildman–Crippen MR) is 80.2 cm³/mol. The molecule has 1 unspecified atom stereocenters. The smallest absolute Gasteiger partial charge is 0.133 e. The van der Waals surface area contributed by atoms with Gasteiger partial charge < -0.3 is 10.6 Å². The highest BCUT2D eigenvalue weighted by atomic mass is 15.2. The van der Waals surface area contributed by atoms with Crippen LogP contribution in [0.15, 0.2) is 30.3 Å². The normalized spacial score (nSPS) is 19.9. The molecule has 0 amide bonds. The largest absolute Gasteiger partial charge is 0.356 e. The van der Waals surface area contributed by atoms with E-state index in [1.807, 2.05) is 12.1 Å². The number of rotatable bonds is 2. The Balaban J connectivity index is 2.05. The fourth-order valence-corrected chi connectivity index (χ4v) is 2.96. The number of pyridine rings is 1. The van der Waals surface area contributed by atoms with Crippen LogP contribution < -0.4 is 10.6 Å². The molecule has 1 aromatic carbocycles. The number of hydrogen-bond donors (Lipinski definition) is 1. The van der Waals surface area contributed by atoms with Gasteiger partial charge in [0.05, 0.1) is 5.52 Å². The minimum Gasteiger partial charge on any atom is -0.356 e. The highest BCUT2D eigenvalue weighted by Crippen LogP contribution is 2.27. The van der Waals surface area contributed by atoms with Gasteiger partial charge in [0.15, 0.2) is 0 Å². The molecule has 2 aromatic rings. The molecule has 3 nitrogen and oxygen atoms in total. The molecule has 1 aliphatic heterocycles. The third-order valence-electron chi connectivity index (χ3n) is 3.96. The lowest BCUT2D eigenvalue weighted by Crippen LogP contribution is -2.35. The molecule has 3 rings (SSSR count). The number of benzene rings is 1. The zero-order valence-corrected chi connectivity index (χ0v) is 11.5. The summed E-state index contributed by atoms with van der Waals surface area (Å²) in [4.78, 5) is 7.26. The fourth-order valence-electron chi connectivity index (χ4n) is 2.96. The number of hydrogen-bond acceptors (Lipinski definition) is 3. The summed E-state index contributed by atoms with van der Waals surface area (Å²) < 4.78 is 0. The molecular formula is C16H21N3. The van der Waals surface area contributed by atoms with Crippen LogP contribution in [0.3, 0.4) is 0 Å². The Labute approximate surface area is 114 Å². The lowest BCUT2D eigenvalue weighted by Gasteiger charge is -2.33. The molecule has 0 bridgehead atoms. The first kappa shape index (κ1) is 12.4. The molecule has 1 atom stereocenters. The number of fused-ring (bicyclic) bond motifs is 1. The first-order chi connectivity index (χ1) is 9.28. The third-order valence-corrected chi connectivity index (χ3v) is 3.96. The summed E-state index contributed by atoms with van der Waals surface area (Å²) in [6, 6.07) is 10.5. The van der Waals surface area contributed by atoms with Crippen molar-refractivity contribution in [1.82, 2.24) is 4.98 Å². The monoisotopic (exact) mass is 255 g/mol. The van der Waals surface area contributed by atoms with Gasteiger partial charge in [-0.2, -0.15) is 0 Å². The van der Waals surface area contributed by atoms with Crippen LogP contribution >= 0.6 is 0 Å². The summed E-state index contributed by atoms with van der Waals surface area (Å²) in [5.74, 6) is 1.83. The summed E-state index contributed by atoms with van der Waals surface area (Å²) in [6.07, 6.45) is 2.57. The maximum atomic E-state index is 5.92. The third kappa shape index (κ3) is 2.43. The van der Waals surface area contributed by atoms with Crippen LogP contribution in [-0.2, 0) is 6.54 Å². The van der Waals surface area contributed by atoms with Crippen molar-refractivity contribution in [2.75, 3.05) is 18.0 Å². The summed E-state index contributed by atoms with van der Waals surface area (Å²) >= 11 is 0. The number of nitrogens with zero attached hydrogens (tertiary/aromatic N) is 2. The molecule has 2 heterocycles. The van der Waals surface area contributed by atoms with Gasteiger partial charge in [-0.3, -0.25) is 0 Å². The molecular weight excluding hydrogens is 234 g/mol. The SMILES string of the molecule is CC1CCCN(c2nc3ccccc3cc2CN)C1. The maximum Gasteiger partial charge on any atom is 0.133 e. The quantitative estimate of drug-likeness (QED) is 0.897. The predicted octanol–water partition coefficient (Wildman–Crippen LogP) is 2.93. The zero-order valence-electron chi connectivity index (χ0n) is 11.5. The van der Waals surface area contributed by atoms with E-state index >= 15 is 0 Å². The van der Waals surface area contributed by atoms with Gasteiger partial charge in [-0.1, -0.05) is 25.1 Å². The van der Waals surface area contributed by atoms with E-state index in [0.29, 0.717) is 6.54 Å². The molecule has 0 radical (unpaired) electrons. The van der Waals surface area contributed by atoms with Crippen molar-refractivity contribution < 1.29 is 0 Å². The Hall–Kier alpha value is -1.61. The summed E-state index contributed by atoms with van der Waals surface area (Å²) in [5.41, 5.74) is 8.14. The average Bonchev–Trinajstić information content (AvgIpc) is 2.46. The van der Waals surface area contributed by atoms with Crippen molar-refractivity contribution in [2.24, 2.45) is 11.7 Å². The number of piperidine rings is 1. The van der Waals surface area contributed by atoms with Crippen molar-refractivity contribution >= 4 is 16.7 Å². The topological polar surface area (TPSA) is 42.2 Å². The Morgan fingerprint density at radius 2 is 2.21 bits per heavy atom. The van der Waals surface area contributed by atoms with Crippen LogP contribution in [0.25, 0.3) is 10.9 Å². The van der Waals surface area contributed by atoms with Gasteiger partial charge >= 0.3 is 0 Å². The van der Waals surface area contributed by atoms with Crippen molar-refractivity contribution in [1.29, 1.82) is 0 Å². The summed E-state index contributed by atoms with van der Waals surface area (Å²) in [5, 5.41) is 1.18. The average molecular weight is 255 g/mol. The van der Waals surface area contributed by atoms with Crippen LogP contribution in [0.1, 0.15) is 25.3 Å². The minimum atomic E-state index is 0.554. The number of para-hydroxylation sites is 1.